The van der Waals surface area contributed by atoms with Crippen LogP contribution < -0.4 is 11.1 Å². The molecular formula is C24H26N6O2S. The Morgan fingerprint density at radius 2 is 1.70 bits per heavy atom. The molecular weight excluding hydrogens is 436 g/mol. The Balaban J connectivity index is 1.54. The summed E-state index contributed by atoms with van der Waals surface area (Å²) in [5.74, 6) is 0.824. The highest BCUT2D eigenvalue weighted by atomic mass is 32.2. The van der Waals surface area contributed by atoms with Gasteiger partial charge in [-0.2, -0.15) is 0 Å². The van der Waals surface area contributed by atoms with E-state index < -0.39 is 0 Å². The number of nitrogens with one attached hydrogen (secondary N) is 1. The molecule has 0 fully saturated rings. The molecule has 0 aliphatic heterocycles. The molecule has 0 radical (unpaired) electrons. The Hall–Kier alpha value is -3.27. The Labute approximate surface area is 196 Å². The van der Waals surface area contributed by atoms with Gasteiger partial charge in [-0.15, -0.1) is 22.0 Å². The number of hydrogen-bond donors (Lipinski definition) is 3. The fourth-order valence-corrected chi connectivity index (χ4v) is 4.02. The predicted molar refractivity (Wildman–Crippen MR) is 130 cm³/mol. The molecule has 4 aromatic rings. The van der Waals surface area contributed by atoms with E-state index in [1.165, 1.54) is 4.90 Å². The van der Waals surface area contributed by atoms with Crippen LogP contribution in [0.15, 0.2) is 64.0 Å². The zero-order valence-corrected chi connectivity index (χ0v) is 19.3. The summed E-state index contributed by atoms with van der Waals surface area (Å²) in [5.41, 5.74) is 9.93. The van der Waals surface area contributed by atoms with Gasteiger partial charge in [0.1, 0.15) is 0 Å². The third-order valence-corrected chi connectivity index (χ3v) is 5.78. The minimum Gasteiger partial charge on any atom is -0.414 e. The lowest BCUT2D eigenvalue weighted by atomic mass is 10.1. The lowest BCUT2D eigenvalue weighted by Crippen LogP contribution is -2.17. The summed E-state index contributed by atoms with van der Waals surface area (Å²) in [4.78, 5) is 10.1. The monoisotopic (exact) mass is 462 g/mol. The van der Waals surface area contributed by atoms with E-state index in [2.05, 4.69) is 51.5 Å². The molecule has 0 aliphatic rings. The van der Waals surface area contributed by atoms with Gasteiger partial charge in [0.15, 0.2) is 11.5 Å². The maximum atomic E-state index is 8.86. The van der Waals surface area contributed by atoms with Crippen molar-refractivity contribution in [1.82, 2.24) is 25.5 Å². The number of rotatable bonds is 9. The number of nitrogens with zero attached hydrogens (tertiary/aromatic N) is 4. The van der Waals surface area contributed by atoms with Crippen LogP contribution >= 0.6 is 11.8 Å². The molecule has 9 heteroatoms. The minimum atomic E-state index is 0.110. The second-order valence-electron chi connectivity index (χ2n) is 7.69. The van der Waals surface area contributed by atoms with Gasteiger partial charge in [0, 0.05) is 34.4 Å². The number of nitrogen functional groups attached to an aromatic ring is 1. The summed E-state index contributed by atoms with van der Waals surface area (Å²) < 4.78 is 5.87. The van der Waals surface area contributed by atoms with Crippen molar-refractivity contribution in [2.75, 3.05) is 18.9 Å². The van der Waals surface area contributed by atoms with E-state index in [0.717, 1.165) is 16.7 Å². The molecule has 0 saturated heterocycles. The Morgan fingerprint density at radius 1 is 1.00 bits per heavy atom. The molecule has 2 heterocycles. The summed E-state index contributed by atoms with van der Waals surface area (Å²) in [6.45, 7) is 5.67. The normalized spacial score (nSPS) is 11.3. The van der Waals surface area contributed by atoms with Crippen LogP contribution in [0.5, 0.6) is 0 Å². The predicted octanol–water partition coefficient (Wildman–Crippen LogP) is 4.03. The topological polar surface area (TPSA) is 123 Å². The van der Waals surface area contributed by atoms with Gasteiger partial charge in [-0.05, 0) is 29.8 Å². The number of aliphatic hydroxyl groups is 1. The van der Waals surface area contributed by atoms with E-state index in [-0.39, 0.29) is 18.3 Å². The van der Waals surface area contributed by atoms with Crippen LogP contribution in [-0.2, 0) is 6.54 Å². The first-order valence-electron chi connectivity index (χ1n) is 10.7. The van der Waals surface area contributed by atoms with Crippen LogP contribution in [0.1, 0.15) is 19.4 Å². The number of anilines is 1. The second-order valence-corrected chi connectivity index (χ2v) is 9.34. The summed E-state index contributed by atoms with van der Waals surface area (Å²) in [5, 5.41) is 20.8. The lowest BCUT2D eigenvalue weighted by molar-refractivity contribution is 0.292. The van der Waals surface area contributed by atoms with E-state index in [1.807, 2.05) is 48.2 Å². The van der Waals surface area contributed by atoms with Gasteiger partial charge in [0.05, 0.1) is 18.5 Å². The van der Waals surface area contributed by atoms with E-state index in [9.17, 15) is 0 Å². The highest BCUT2D eigenvalue weighted by Gasteiger charge is 2.17. The first kappa shape index (κ1) is 22.9. The van der Waals surface area contributed by atoms with Gasteiger partial charge in [-0.25, -0.2) is 9.97 Å². The fraction of sp³-hybridized carbons (Fsp3) is 0.250. The third kappa shape index (κ3) is 5.75. The Morgan fingerprint density at radius 3 is 2.39 bits per heavy atom. The molecule has 0 atom stereocenters. The fourth-order valence-electron chi connectivity index (χ4n) is 3.18. The zero-order valence-electron chi connectivity index (χ0n) is 18.5. The van der Waals surface area contributed by atoms with Crippen LogP contribution in [0.3, 0.4) is 0 Å². The van der Waals surface area contributed by atoms with Crippen molar-refractivity contribution in [3.05, 3.63) is 60.3 Å². The zero-order chi connectivity index (χ0) is 23.2. The highest BCUT2D eigenvalue weighted by Crippen LogP contribution is 2.29. The summed E-state index contributed by atoms with van der Waals surface area (Å²) in [7, 11) is 0. The molecule has 33 heavy (non-hydrogen) atoms. The van der Waals surface area contributed by atoms with Gasteiger partial charge >= 0.3 is 0 Å². The Kier molecular flexibility index (Phi) is 7.33. The van der Waals surface area contributed by atoms with E-state index in [0.29, 0.717) is 35.6 Å². The summed E-state index contributed by atoms with van der Waals surface area (Å²) >= 11 is 1.81. The number of hydrogen-bond acceptors (Lipinski definition) is 9. The number of aromatic nitrogens is 4. The first-order valence-corrected chi connectivity index (χ1v) is 11.6. The number of aliphatic hydroxyl groups excluding tert-OH is 1. The van der Waals surface area contributed by atoms with Crippen molar-refractivity contribution >= 4 is 17.6 Å². The van der Waals surface area contributed by atoms with Crippen molar-refractivity contribution in [3.8, 4) is 34.3 Å². The average Bonchev–Trinajstić information content (AvgIpc) is 3.30. The van der Waals surface area contributed by atoms with Crippen molar-refractivity contribution in [1.29, 1.82) is 0 Å². The largest absolute Gasteiger partial charge is 0.414 e. The molecule has 0 bridgehead atoms. The van der Waals surface area contributed by atoms with Gasteiger partial charge < -0.3 is 20.6 Å². The quantitative estimate of drug-likeness (QED) is 0.250. The SMILES string of the molecule is CC(C)Sc1ccc(-c2cnc(N)c(-c3nnc(-c4ccc(CNCCO)cc4)o3)n2)cc1. The van der Waals surface area contributed by atoms with Gasteiger partial charge in [-0.1, -0.05) is 38.1 Å². The first-order chi connectivity index (χ1) is 16.0. The molecule has 2 aromatic heterocycles. The molecule has 4 N–H and O–H groups in total. The molecule has 0 spiro atoms. The van der Waals surface area contributed by atoms with E-state index >= 15 is 0 Å². The number of benzene rings is 2. The summed E-state index contributed by atoms with van der Waals surface area (Å²) in [6, 6.07) is 16.0. The molecule has 0 amide bonds. The van der Waals surface area contributed by atoms with Crippen LogP contribution in [0.4, 0.5) is 5.82 Å². The van der Waals surface area contributed by atoms with Crippen molar-refractivity contribution in [3.63, 3.8) is 0 Å². The average molecular weight is 463 g/mol. The third-order valence-electron chi connectivity index (χ3n) is 4.77. The molecule has 8 nitrogen and oxygen atoms in total. The molecule has 2 aromatic carbocycles. The van der Waals surface area contributed by atoms with Gasteiger partial charge in [0.25, 0.3) is 5.89 Å². The number of thioether (sulfide) groups is 1. The van der Waals surface area contributed by atoms with Crippen molar-refractivity contribution < 1.29 is 9.52 Å². The highest BCUT2D eigenvalue weighted by molar-refractivity contribution is 7.99. The molecule has 0 aliphatic carbocycles. The van der Waals surface area contributed by atoms with Crippen LogP contribution in [0.2, 0.25) is 0 Å². The standard InChI is InChI=1S/C24H26N6O2S/c1-15(2)33-19-9-7-17(8-10-19)20-14-27-22(25)21(28-20)24-30-29-23(32-24)18-5-3-16(4-6-18)13-26-11-12-31/h3-10,14-15,26,31H,11-13H2,1-2H3,(H2,25,27). The van der Waals surface area contributed by atoms with E-state index in [1.54, 1.807) is 6.20 Å². The maximum absolute atomic E-state index is 8.86. The molecule has 4 rings (SSSR count). The Bertz CT molecular complexity index is 1190. The van der Waals surface area contributed by atoms with Gasteiger partial charge in [0.2, 0.25) is 5.89 Å². The maximum Gasteiger partial charge on any atom is 0.270 e. The second kappa shape index (κ2) is 10.6. The van der Waals surface area contributed by atoms with Crippen LogP contribution in [0.25, 0.3) is 34.3 Å². The van der Waals surface area contributed by atoms with E-state index in [4.69, 9.17) is 15.3 Å². The summed E-state index contributed by atoms with van der Waals surface area (Å²) in [6.07, 6.45) is 1.64. The van der Waals surface area contributed by atoms with Gasteiger partial charge in [-0.3, -0.25) is 0 Å². The smallest absolute Gasteiger partial charge is 0.270 e. The lowest BCUT2D eigenvalue weighted by Gasteiger charge is -2.07. The van der Waals surface area contributed by atoms with Crippen LogP contribution in [-0.4, -0.2) is 43.7 Å². The van der Waals surface area contributed by atoms with Crippen LogP contribution in [0, 0.1) is 0 Å². The van der Waals surface area contributed by atoms with Crippen molar-refractivity contribution in [2.45, 2.75) is 30.5 Å². The minimum absolute atomic E-state index is 0.110. The number of nitrogens with two attached hydrogens (primary N) is 1. The molecule has 170 valence electrons. The molecule has 0 saturated carbocycles. The van der Waals surface area contributed by atoms with Crippen molar-refractivity contribution in [2.24, 2.45) is 0 Å². The molecule has 0 unspecified atom stereocenters.